The first kappa shape index (κ1) is 16.9. The minimum Gasteiger partial charge on any atom is -0.324 e. The minimum absolute atomic E-state index is 0.00714. The number of benzene rings is 1. The Hall–Kier alpha value is -2.54. The van der Waals surface area contributed by atoms with Gasteiger partial charge in [-0.2, -0.15) is 0 Å². The number of halogens is 1. The van der Waals surface area contributed by atoms with Gasteiger partial charge in [-0.05, 0) is 24.1 Å². The lowest BCUT2D eigenvalue weighted by Crippen LogP contribution is -2.54. The predicted molar refractivity (Wildman–Crippen MR) is 92.4 cm³/mol. The Kier molecular flexibility index (Phi) is 3.56. The fraction of sp³-hybridized carbons (Fsp3) is 0.421. The van der Waals surface area contributed by atoms with Crippen molar-refractivity contribution < 1.29 is 18.8 Å². The number of amides is 3. The van der Waals surface area contributed by atoms with E-state index in [0.717, 1.165) is 4.90 Å². The number of carbonyl (C=O) groups is 3. The van der Waals surface area contributed by atoms with Crippen molar-refractivity contribution in [3.8, 4) is 0 Å². The smallest absolute Gasteiger partial charge is 0.250 e. The number of nitrogens with one attached hydrogen (secondary N) is 2. The molecule has 4 atom stereocenters. The zero-order valence-corrected chi connectivity index (χ0v) is 14.6. The van der Waals surface area contributed by atoms with E-state index in [2.05, 4.69) is 17.2 Å². The molecule has 0 unspecified atom stereocenters. The topological polar surface area (TPSA) is 78.5 Å². The van der Waals surface area contributed by atoms with Gasteiger partial charge in [0.2, 0.25) is 17.7 Å². The highest BCUT2D eigenvalue weighted by Gasteiger charge is 2.70. The molecule has 1 spiro atoms. The van der Waals surface area contributed by atoms with Crippen LogP contribution in [0.3, 0.4) is 0 Å². The molecule has 3 heterocycles. The number of rotatable bonds is 3. The summed E-state index contributed by atoms with van der Waals surface area (Å²) in [5.74, 6) is -3.19. The largest absolute Gasteiger partial charge is 0.324 e. The van der Waals surface area contributed by atoms with Gasteiger partial charge >= 0.3 is 0 Å². The number of fused-ring (bicyclic) bond motifs is 4. The second kappa shape index (κ2) is 5.48. The molecular weight excluding hydrogens is 337 g/mol. The third-order valence-electron chi connectivity index (χ3n) is 5.73. The molecule has 3 amide bonds. The van der Waals surface area contributed by atoms with E-state index in [-0.39, 0.29) is 24.4 Å². The molecular formula is C19H20FN3O3. The predicted octanol–water partition coefficient (Wildman–Crippen LogP) is 1.39. The molecule has 1 aromatic rings. The molecule has 1 aromatic carbocycles. The van der Waals surface area contributed by atoms with Crippen LogP contribution in [-0.2, 0) is 19.9 Å². The summed E-state index contributed by atoms with van der Waals surface area (Å²) in [6.07, 6.45) is 1.49. The zero-order valence-electron chi connectivity index (χ0n) is 14.6. The average Bonchev–Trinajstić information content (AvgIpc) is 3.17. The Morgan fingerprint density at radius 1 is 1.31 bits per heavy atom. The molecule has 0 saturated carbocycles. The second-order valence-electron chi connectivity index (χ2n) is 7.45. The maximum Gasteiger partial charge on any atom is 0.250 e. The van der Waals surface area contributed by atoms with Crippen molar-refractivity contribution in [1.29, 1.82) is 0 Å². The van der Waals surface area contributed by atoms with Crippen molar-refractivity contribution >= 4 is 23.4 Å². The van der Waals surface area contributed by atoms with E-state index >= 15 is 0 Å². The van der Waals surface area contributed by atoms with Crippen LogP contribution < -0.4 is 10.6 Å². The summed E-state index contributed by atoms with van der Waals surface area (Å²) in [6, 6.07) is 3.65. The fourth-order valence-electron chi connectivity index (χ4n) is 4.65. The van der Waals surface area contributed by atoms with Gasteiger partial charge in [-0.15, -0.1) is 6.58 Å². The maximum absolute atomic E-state index is 14.0. The number of likely N-dealkylation sites (tertiary alicyclic amines) is 1. The number of imide groups is 1. The highest BCUT2D eigenvalue weighted by Crippen LogP contribution is 2.53. The van der Waals surface area contributed by atoms with Gasteiger partial charge in [-0.25, -0.2) is 4.39 Å². The SMILES string of the molecule is C=CCN1C(=O)[C@H]2[C@@H](C1=O)[C@]1(N[C@H]2C(C)C)C(=O)Nc2ccc(F)cc21. The van der Waals surface area contributed by atoms with Gasteiger partial charge in [0.25, 0.3) is 0 Å². The second-order valence-corrected chi connectivity index (χ2v) is 7.45. The number of hydrogen-bond acceptors (Lipinski definition) is 4. The highest BCUT2D eigenvalue weighted by atomic mass is 19.1. The van der Waals surface area contributed by atoms with Crippen LogP contribution in [-0.4, -0.2) is 35.2 Å². The van der Waals surface area contributed by atoms with Gasteiger partial charge in [-0.1, -0.05) is 19.9 Å². The van der Waals surface area contributed by atoms with E-state index in [1.807, 2.05) is 13.8 Å². The Morgan fingerprint density at radius 3 is 2.69 bits per heavy atom. The van der Waals surface area contributed by atoms with Crippen LogP contribution in [0.25, 0.3) is 0 Å². The summed E-state index contributed by atoms with van der Waals surface area (Å²) in [6.45, 7) is 7.57. The molecule has 3 aliphatic rings. The van der Waals surface area contributed by atoms with Gasteiger partial charge in [0.15, 0.2) is 0 Å². The molecule has 4 rings (SSSR count). The van der Waals surface area contributed by atoms with Crippen LogP contribution >= 0.6 is 0 Å². The summed E-state index contributed by atoms with van der Waals surface area (Å²) in [5, 5.41) is 5.99. The molecule has 6 nitrogen and oxygen atoms in total. The van der Waals surface area contributed by atoms with Crippen molar-refractivity contribution in [3.63, 3.8) is 0 Å². The lowest BCUT2D eigenvalue weighted by Gasteiger charge is -2.30. The normalized spacial score (nSPS) is 32.4. The first-order valence-corrected chi connectivity index (χ1v) is 8.68. The third-order valence-corrected chi connectivity index (χ3v) is 5.73. The number of nitrogens with zero attached hydrogens (tertiary/aromatic N) is 1. The van der Waals surface area contributed by atoms with Crippen molar-refractivity contribution in [2.45, 2.75) is 25.4 Å². The Morgan fingerprint density at radius 2 is 2.04 bits per heavy atom. The first-order valence-electron chi connectivity index (χ1n) is 8.68. The molecule has 0 bridgehead atoms. The fourth-order valence-corrected chi connectivity index (χ4v) is 4.65. The maximum atomic E-state index is 14.0. The van der Waals surface area contributed by atoms with E-state index in [1.54, 1.807) is 0 Å². The van der Waals surface area contributed by atoms with Gasteiger partial charge in [0.05, 0.1) is 11.8 Å². The Balaban J connectivity index is 1.92. The van der Waals surface area contributed by atoms with E-state index < -0.39 is 35.0 Å². The van der Waals surface area contributed by atoms with Crippen LogP contribution in [0.1, 0.15) is 19.4 Å². The van der Waals surface area contributed by atoms with E-state index in [1.165, 1.54) is 24.3 Å². The van der Waals surface area contributed by atoms with Crippen LogP contribution in [0, 0.1) is 23.6 Å². The molecule has 3 aliphatic heterocycles. The van der Waals surface area contributed by atoms with Gasteiger partial charge in [0.1, 0.15) is 11.4 Å². The van der Waals surface area contributed by atoms with Crippen molar-refractivity contribution in [2.75, 3.05) is 11.9 Å². The number of anilines is 1. The first-order chi connectivity index (χ1) is 12.3. The van der Waals surface area contributed by atoms with E-state index in [9.17, 15) is 18.8 Å². The van der Waals surface area contributed by atoms with Crippen LogP contribution in [0.5, 0.6) is 0 Å². The average molecular weight is 357 g/mol. The van der Waals surface area contributed by atoms with Crippen molar-refractivity contribution in [3.05, 3.63) is 42.2 Å². The lowest BCUT2D eigenvalue weighted by molar-refractivity contribution is -0.142. The summed E-state index contributed by atoms with van der Waals surface area (Å²) in [4.78, 5) is 40.2. The molecule has 2 saturated heterocycles. The van der Waals surface area contributed by atoms with Gasteiger partial charge in [-0.3, -0.25) is 24.6 Å². The standard InChI is InChI=1S/C19H20FN3O3/c1-4-7-23-16(24)13-14(17(23)25)19(22-15(13)9(2)3)11-8-10(20)5-6-12(11)21-18(19)26/h4-6,8-9,13-15,22H,1,7H2,2-3H3,(H,21,26)/t13-,14-,15-,19-/m0/s1. The highest BCUT2D eigenvalue weighted by molar-refractivity contribution is 6.15. The van der Waals surface area contributed by atoms with Crippen LogP contribution in [0.4, 0.5) is 10.1 Å². The molecule has 7 heteroatoms. The molecule has 0 aromatic heterocycles. The summed E-state index contributed by atoms with van der Waals surface area (Å²) < 4.78 is 14.0. The Bertz CT molecular complexity index is 852. The monoisotopic (exact) mass is 357 g/mol. The summed E-state index contributed by atoms with van der Waals surface area (Å²) in [5.41, 5.74) is -0.573. The third kappa shape index (κ3) is 1.92. The van der Waals surface area contributed by atoms with E-state index in [0.29, 0.717) is 11.3 Å². The quantitative estimate of drug-likeness (QED) is 0.633. The Labute approximate surface area is 150 Å². The van der Waals surface area contributed by atoms with E-state index in [4.69, 9.17) is 0 Å². The molecule has 2 N–H and O–H groups in total. The van der Waals surface area contributed by atoms with Crippen LogP contribution in [0.15, 0.2) is 30.9 Å². The molecule has 136 valence electrons. The summed E-state index contributed by atoms with van der Waals surface area (Å²) >= 11 is 0. The molecule has 2 fully saturated rings. The van der Waals surface area contributed by atoms with Crippen molar-refractivity contribution in [2.24, 2.45) is 17.8 Å². The van der Waals surface area contributed by atoms with Gasteiger partial charge in [0, 0.05) is 23.8 Å². The zero-order chi connectivity index (χ0) is 18.8. The van der Waals surface area contributed by atoms with Crippen LogP contribution in [0.2, 0.25) is 0 Å². The number of hydrogen-bond donors (Lipinski definition) is 2. The lowest BCUT2D eigenvalue weighted by atomic mass is 9.76. The molecule has 0 aliphatic carbocycles. The van der Waals surface area contributed by atoms with Gasteiger partial charge < -0.3 is 5.32 Å². The van der Waals surface area contributed by atoms with Crippen molar-refractivity contribution in [1.82, 2.24) is 10.2 Å². The minimum atomic E-state index is -1.43. The molecule has 26 heavy (non-hydrogen) atoms. The number of carbonyl (C=O) groups excluding carboxylic acids is 3. The molecule has 0 radical (unpaired) electrons. The summed E-state index contributed by atoms with van der Waals surface area (Å²) in [7, 11) is 0.